The zero-order chi connectivity index (χ0) is 10.6. The Morgan fingerprint density at radius 1 is 1.71 bits per heavy atom. The van der Waals surface area contributed by atoms with Gasteiger partial charge in [0.1, 0.15) is 6.54 Å². The van der Waals surface area contributed by atoms with Crippen LogP contribution in [0.3, 0.4) is 0 Å². The number of hydrogen-bond acceptors (Lipinski definition) is 4. The van der Waals surface area contributed by atoms with Gasteiger partial charge in [-0.15, -0.1) is 0 Å². The lowest BCUT2D eigenvalue weighted by molar-refractivity contribution is -0.138. The molecule has 1 heterocycles. The lowest BCUT2D eigenvalue weighted by atomic mass is 10.3. The quantitative estimate of drug-likeness (QED) is 0.717. The smallest absolute Gasteiger partial charge is 0.325 e. The summed E-state index contributed by atoms with van der Waals surface area (Å²) in [4.78, 5) is 10.9. The number of aryl methyl sites for hydroxylation is 2. The Balaban J connectivity index is 2.61. The molecule has 0 bridgehead atoms. The van der Waals surface area contributed by atoms with E-state index in [0.29, 0.717) is 0 Å². The van der Waals surface area contributed by atoms with E-state index in [9.17, 15) is 4.79 Å². The third-order valence-corrected chi connectivity index (χ3v) is 1.89. The second-order valence-corrected chi connectivity index (χ2v) is 2.95. The molecule has 0 fully saturated rings. The molecule has 14 heavy (non-hydrogen) atoms. The highest BCUT2D eigenvalue weighted by atomic mass is 16.5. The van der Waals surface area contributed by atoms with Crippen molar-refractivity contribution in [2.24, 2.45) is 7.05 Å². The van der Waals surface area contributed by atoms with Gasteiger partial charge in [-0.25, -0.2) is 0 Å². The molecule has 1 aromatic heterocycles. The molecule has 0 saturated heterocycles. The molecule has 0 radical (unpaired) electrons. The maximum absolute atomic E-state index is 10.9. The van der Waals surface area contributed by atoms with Crippen LogP contribution in [0, 0.1) is 0 Å². The highest BCUT2D eigenvalue weighted by molar-refractivity contribution is 5.74. The molecule has 5 nitrogen and oxygen atoms in total. The van der Waals surface area contributed by atoms with Gasteiger partial charge in [0.25, 0.3) is 0 Å². The van der Waals surface area contributed by atoms with Crippen LogP contribution in [0.5, 0.6) is 0 Å². The first-order chi connectivity index (χ1) is 6.67. The molecule has 1 rings (SSSR count). The van der Waals surface area contributed by atoms with Crippen molar-refractivity contribution in [3.05, 3.63) is 11.9 Å². The minimum absolute atomic E-state index is 0.176. The number of carbonyl (C=O) groups is 1. The van der Waals surface area contributed by atoms with E-state index in [1.807, 2.05) is 20.2 Å². The van der Waals surface area contributed by atoms with Gasteiger partial charge in [-0.2, -0.15) is 5.10 Å². The summed E-state index contributed by atoms with van der Waals surface area (Å²) in [7, 11) is 3.22. The molecule has 0 amide bonds. The van der Waals surface area contributed by atoms with Gasteiger partial charge < -0.3 is 10.1 Å². The van der Waals surface area contributed by atoms with Gasteiger partial charge in [-0.05, 0) is 6.42 Å². The number of carbonyl (C=O) groups excluding carboxylic acids is 1. The summed E-state index contributed by atoms with van der Waals surface area (Å²) in [6.45, 7) is 2.20. The van der Waals surface area contributed by atoms with Crippen molar-refractivity contribution in [2.45, 2.75) is 13.3 Å². The van der Waals surface area contributed by atoms with Crippen molar-refractivity contribution in [2.75, 3.05) is 19.0 Å². The molecule has 0 aliphatic rings. The fourth-order valence-electron chi connectivity index (χ4n) is 1.18. The number of methoxy groups -OCH3 is 1. The maximum Gasteiger partial charge on any atom is 0.325 e. The van der Waals surface area contributed by atoms with Gasteiger partial charge in [0.15, 0.2) is 0 Å². The van der Waals surface area contributed by atoms with Gasteiger partial charge in [0.05, 0.1) is 18.5 Å². The minimum atomic E-state index is -0.282. The van der Waals surface area contributed by atoms with Crippen LogP contribution in [0.15, 0.2) is 6.20 Å². The lowest BCUT2D eigenvalue weighted by Crippen LogP contribution is -2.15. The van der Waals surface area contributed by atoms with Crippen molar-refractivity contribution in [3.63, 3.8) is 0 Å². The van der Waals surface area contributed by atoms with Crippen LogP contribution in [-0.4, -0.2) is 29.4 Å². The molecule has 0 atom stereocenters. The molecule has 1 aromatic rings. The molecule has 0 aliphatic heterocycles. The monoisotopic (exact) mass is 197 g/mol. The Hall–Kier alpha value is -1.52. The van der Waals surface area contributed by atoms with Gasteiger partial charge in [0, 0.05) is 13.2 Å². The number of ether oxygens (including phenoxy) is 1. The Morgan fingerprint density at radius 3 is 3.00 bits per heavy atom. The second-order valence-electron chi connectivity index (χ2n) is 2.95. The van der Waals surface area contributed by atoms with E-state index in [0.717, 1.165) is 17.8 Å². The van der Waals surface area contributed by atoms with Crippen molar-refractivity contribution in [1.29, 1.82) is 0 Å². The Morgan fingerprint density at radius 2 is 2.43 bits per heavy atom. The number of esters is 1. The van der Waals surface area contributed by atoms with Gasteiger partial charge in [0.2, 0.25) is 0 Å². The summed E-state index contributed by atoms with van der Waals surface area (Å²) in [5, 5.41) is 7.21. The largest absolute Gasteiger partial charge is 0.468 e. The fraction of sp³-hybridized carbons (Fsp3) is 0.556. The summed E-state index contributed by atoms with van der Waals surface area (Å²) in [5.74, 6) is -0.282. The highest BCUT2D eigenvalue weighted by Crippen LogP contribution is 2.12. The van der Waals surface area contributed by atoms with Crippen LogP contribution in [-0.2, 0) is 23.0 Å². The molecule has 0 unspecified atom stereocenters. The number of anilines is 1. The van der Waals surface area contributed by atoms with E-state index in [1.54, 1.807) is 4.68 Å². The summed E-state index contributed by atoms with van der Waals surface area (Å²) in [6.07, 6.45) is 2.69. The van der Waals surface area contributed by atoms with Crippen LogP contribution >= 0.6 is 0 Å². The second kappa shape index (κ2) is 4.64. The third kappa shape index (κ3) is 2.48. The van der Waals surface area contributed by atoms with E-state index in [-0.39, 0.29) is 12.5 Å². The summed E-state index contributed by atoms with van der Waals surface area (Å²) in [5.41, 5.74) is 1.84. The van der Waals surface area contributed by atoms with Crippen molar-refractivity contribution in [3.8, 4) is 0 Å². The van der Waals surface area contributed by atoms with E-state index in [2.05, 4.69) is 15.2 Å². The van der Waals surface area contributed by atoms with Crippen molar-refractivity contribution < 1.29 is 9.53 Å². The molecule has 1 N–H and O–H groups in total. The molecule has 0 aromatic carbocycles. The topological polar surface area (TPSA) is 56.2 Å². The normalized spacial score (nSPS) is 9.93. The minimum Gasteiger partial charge on any atom is -0.468 e. The SMILES string of the molecule is CCc1nn(C)cc1NCC(=O)OC. The van der Waals surface area contributed by atoms with Crippen LogP contribution < -0.4 is 5.32 Å². The molecule has 0 aliphatic carbocycles. The number of rotatable bonds is 4. The standard InChI is InChI=1S/C9H15N3O2/c1-4-7-8(6-12(2)11-7)10-5-9(13)14-3/h6,10H,4-5H2,1-3H3. The Kier molecular flexibility index (Phi) is 3.50. The fourth-order valence-corrected chi connectivity index (χ4v) is 1.18. The average Bonchev–Trinajstić information content (AvgIpc) is 2.55. The number of hydrogen-bond donors (Lipinski definition) is 1. The number of aromatic nitrogens is 2. The van der Waals surface area contributed by atoms with Crippen LogP contribution in [0.4, 0.5) is 5.69 Å². The van der Waals surface area contributed by atoms with Crippen molar-refractivity contribution in [1.82, 2.24) is 9.78 Å². The van der Waals surface area contributed by atoms with E-state index in [4.69, 9.17) is 0 Å². The molecule has 0 spiro atoms. The summed E-state index contributed by atoms with van der Waals surface area (Å²) >= 11 is 0. The van der Waals surface area contributed by atoms with Crippen LogP contribution in [0.25, 0.3) is 0 Å². The third-order valence-electron chi connectivity index (χ3n) is 1.89. The number of nitrogens with zero attached hydrogens (tertiary/aromatic N) is 2. The first kappa shape index (κ1) is 10.6. The van der Waals surface area contributed by atoms with E-state index >= 15 is 0 Å². The van der Waals surface area contributed by atoms with E-state index in [1.165, 1.54) is 7.11 Å². The van der Waals surface area contributed by atoms with Crippen molar-refractivity contribution >= 4 is 11.7 Å². The lowest BCUT2D eigenvalue weighted by Gasteiger charge is -2.02. The Labute approximate surface area is 83.1 Å². The first-order valence-electron chi connectivity index (χ1n) is 4.50. The average molecular weight is 197 g/mol. The molecule has 5 heteroatoms. The summed E-state index contributed by atoms with van der Waals surface area (Å²) < 4.78 is 6.24. The first-order valence-corrected chi connectivity index (χ1v) is 4.50. The van der Waals surface area contributed by atoms with Crippen LogP contribution in [0.2, 0.25) is 0 Å². The predicted octanol–water partition coefficient (Wildman–Crippen LogP) is 0.567. The van der Waals surface area contributed by atoms with Gasteiger partial charge >= 0.3 is 5.97 Å². The zero-order valence-corrected chi connectivity index (χ0v) is 8.70. The number of nitrogens with one attached hydrogen (secondary N) is 1. The summed E-state index contributed by atoms with van der Waals surface area (Å²) in [6, 6.07) is 0. The van der Waals surface area contributed by atoms with Gasteiger partial charge in [-0.1, -0.05) is 6.92 Å². The molecule has 0 saturated carbocycles. The zero-order valence-electron chi connectivity index (χ0n) is 8.70. The molecular formula is C9H15N3O2. The van der Waals surface area contributed by atoms with Gasteiger partial charge in [-0.3, -0.25) is 9.48 Å². The predicted molar refractivity (Wildman–Crippen MR) is 53.1 cm³/mol. The molecule has 78 valence electrons. The Bertz CT molecular complexity index is 320. The van der Waals surface area contributed by atoms with Crippen LogP contribution in [0.1, 0.15) is 12.6 Å². The van der Waals surface area contributed by atoms with E-state index < -0.39 is 0 Å². The maximum atomic E-state index is 10.9. The highest BCUT2D eigenvalue weighted by Gasteiger charge is 2.06. The molecular weight excluding hydrogens is 182 g/mol.